The normalized spacial score (nSPS) is 47.5. The van der Waals surface area contributed by atoms with Crippen LogP contribution < -0.4 is 0 Å². The first-order valence-electron chi connectivity index (χ1n) is 3.94. The first kappa shape index (κ1) is 12.8. The van der Waals surface area contributed by atoms with Gasteiger partial charge in [-0.05, 0) is 0 Å². The Labute approximate surface area is 87.2 Å². The zero-order chi connectivity index (χ0) is 13.3. The number of fused-ring (bicyclic) bond motifs is 1. The summed E-state index contributed by atoms with van der Waals surface area (Å²) in [6, 6.07) is 0. The maximum absolute atomic E-state index is 13.4. The number of hydrogen-bond acceptors (Lipinski definition) is 3. The molecule has 2 aliphatic heterocycles. The smallest absolute Gasteiger partial charge is 0.298 e. The van der Waals surface area contributed by atoms with Crippen molar-refractivity contribution in [3.8, 4) is 0 Å². The van der Waals surface area contributed by atoms with Crippen LogP contribution in [0.5, 0.6) is 0 Å². The van der Waals surface area contributed by atoms with E-state index in [1.807, 2.05) is 0 Å². The summed E-state index contributed by atoms with van der Waals surface area (Å²) in [6.45, 7) is 0. The molecule has 0 saturated carbocycles. The van der Waals surface area contributed by atoms with Crippen LogP contribution in [-0.2, 0) is 14.2 Å². The summed E-state index contributed by atoms with van der Waals surface area (Å²) in [5.74, 6) is -10.3. The van der Waals surface area contributed by atoms with Crippen molar-refractivity contribution < 1.29 is 49.3 Å². The van der Waals surface area contributed by atoms with Crippen molar-refractivity contribution in [3.63, 3.8) is 0 Å². The lowest BCUT2D eigenvalue weighted by atomic mass is 10.1. The molecular weight excluding hydrogens is 272 g/mol. The van der Waals surface area contributed by atoms with Crippen molar-refractivity contribution in [2.45, 2.75) is 36.6 Å². The topological polar surface area (TPSA) is 27.7 Å². The van der Waals surface area contributed by atoms with Gasteiger partial charge in [-0.1, -0.05) is 0 Å². The van der Waals surface area contributed by atoms with Gasteiger partial charge < -0.3 is 0 Å². The molecule has 0 spiro atoms. The minimum absolute atomic E-state index is 2.53. The summed E-state index contributed by atoms with van der Waals surface area (Å²) in [7, 11) is 0. The highest BCUT2D eigenvalue weighted by atomic mass is 19.3. The molecule has 2 atom stereocenters. The molecule has 2 heterocycles. The standard InChI is InChI=1S/C6H2F8O3/c7-1(8)2-15-3(9)4(10,16-2)6(13,14)17-5(3,11)12/h1-2H. The highest BCUT2D eigenvalue weighted by molar-refractivity contribution is 5.08. The lowest BCUT2D eigenvalue weighted by molar-refractivity contribution is -0.406. The minimum Gasteiger partial charge on any atom is -0.298 e. The van der Waals surface area contributed by atoms with Crippen LogP contribution in [0.4, 0.5) is 35.1 Å². The summed E-state index contributed by atoms with van der Waals surface area (Å²) in [5.41, 5.74) is 0. The number of rotatable bonds is 1. The molecule has 0 aromatic carbocycles. The van der Waals surface area contributed by atoms with Gasteiger partial charge in [-0.2, -0.15) is 26.3 Å². The largest absolute Gasteiger partial charge is 0.425 e. The second-order valence-corrected chi connectivity index (χ2v) is 3.26. The molecule has 2 saturated heterocycles. The van der Waals surface area contributed by atoms with Crippen LogP contribution in [0.1, 0.15) is 0 Å². The monoisotopic (exact) mass is 274 g/mol. The van der Waals surface area contributed by atoms with Gasteiger partial charge in [0.1, 0.15) is 0 Å². The van der Waals surface area contributed by atoms with Crippen molar-refractivity contribution in [2.24, 2.45) is 0 Å². The van der Waals surface area contributed by atoms with Gasteiger partial charge in [-0.25, -0.2) is 13.5 Å². The molecule has 2 rings (SSSR count). The molecule has 17 heavy (non-hydrogen) atoms. The fourth-order valence-electron chi connectivity index (χ4n) is 1.40. The minimum atomic E-state index is -5.48. The Balaban J connectivity index is 2.47. The van der Waals surface area contributed by atoms with Crippen molar-refractivity contribution in [1.29, 1.82) is 0 Å². The number of hydrogen-bond donors (Lipinski definition) is 0. The molecular formula is C6H2F8O3. The maximum Gasteiger partial charge on any atom is 0.425 e. The van der Waals surface area contributed by atoms with Crippen molar-refractivity contribution in [1.82, 2.24) is 0 Å². The lowest BCUT2D eigenvalue weighted by Crippen LogP contribution is -2.54. The van der Waals surface area contributed by atoms with E-state index in [4.69, 9.17) is 0 Å². The zero-order valence-corrected chi connectivity index (χ0v) is 7.40. The third-order valence-corrected chi connectivity index (χ3v) is 2.18. The van der Waals surface area contributed by atoms with E-state index < -0.39 is 36.6 Å². The Morgan fingerprint density at radius 2 is 1.12 bits per heavy atom. The van der Waals surface area contributed by atoms with Crippen LogP contribution in [0.2, 0.25) is 0 Å². The molecule has 2 aliphatic rings. The molecule has 0 amide bonds. The third kappa shape index (κ3) is 1.27. The van der Waals surface area contributed by atoms with Gasteiger partial charge in [0.25, 0.3) is 6.43 Å². The van der Waals surface area contributed by atoms with E-state index in [0.717, 1.165) is 0 Å². The predicted octanol–water partition coefficient (Wildman–Crippen LogP) is 2.17. The average molecular weight is 274 g/mol. The Morgan fingerprint density at radius 3 is 1.41 bits per heavy atom. The van der Waals surface area contributed by atoms with Crippen molar-refractivity contribution >= 4 is 0 Å². The molecule has 0 bridgehead atoms. The number of halogens is 8. The summed E-state index contributed by atoms with van der Waals surface area (Å²) in [4.78, 5) is 0. The van der Waals surface area contributed by atoms with Gasteiger partial charge in [0.15, 0.2) is 0 Å². The lowest BCUT2D eigenvalue weighted by Gasteiger charge is -2.23. The van der Waals surface area contributed by atoms with Crippen LogP contribution in [-0.4, -0.2) is 36.6 Å². The van der Waals surface area contributed by atoms with Crippen LogP contribution in [0.25, 0.3) is 0 Å². The van der Waals surface area contributed by atoms with Gasteiger partial charge in [-0.15, -0.1) is 0 Å². The highest BCUT2D eigenvalue weighted by Crippen LogP contribution is 2.64. The van der Waals surface area contributed by atoms with E-state index in [1.54, 1.807) is 0 Å². The van der Waals surface area contributed by atoms with Gasteiger partial charge in [-0.3, -0.25) is 9.47 Å². The van der Waals surface area contributed by atoms with Gasteiger partial charge in [0, 0.05) is 0 Å². The van der Waals surface area contributed by atoms with E-state index in [0.29, 0.717) is 0 Å². The average Bonchev–Trinajstić information content (AvgIpc) is 2.44. The summed E-state index contributed by atoms with van der Waals surface area (Å²) in [6.07, 6.45) is -17.9. The third-order valence-electron chi connectivity index (χ3n) is 2.18. The van der Waals surface area contributed by atoms with Crippen molar-refractivity contribution in [3.05, 3.63) is 0 Å². The molecule has 11 heteroatoms. The molecule has 100 valence electrons. The van der Waals surface area contributed by atoms with E-state index in [1.165, 1.54) is 0 Å². The Hall–Kier alpha value is -0.680. The fourth-order valence-corrected chi connectivity index (χ4v) is 1.40. The summed E-state index contributed by atoms with van der Waals surface area (Å²) in [5, 5.41) is 0. The van der Waals surface area contributed by atoms with Crippen LogP contribution in [0.15, 0.2) is 0 Å². The maximum atomic E-state index is 13.4. The van der Waals surface area contributed by atoms with Crippen LogP contribution >= 0.6 is 0 Å². The molecule has 0 aliphatic carbocycles. The molecule has 0 aromatic rings. The quantitative estimate of drug-likeness (QED) is 0.686. The van der Waals surface area contributed by atoms with E-state index >= 15 is 0 Å². The molecule has 0 radical (unpaired) electrons. The first-order chi connectivity index (χ1) is 7.47. The number of ether oxygens (including phenoxy) is 3. The second-order valence-electron chi connectivity index (χ2n) is 3.26. The zero-order valence-electron chi connectivity index (χ0n) is 7.40. The van der Waals surface area contributed by atoms with E-state index in [9.17, 15) is 35.1 Å². The van der Waals surface area contributed by atoms with Gasteiger partial charge in [0.2, 0.25) is 6.29 Å². The molecule has 0 N–H and O–H groups in total. The molecule has 2 fully saturated rings. The van der Waals surface area contributed by atoms with Gasteiger partial charge >= 0.3 is 23.9 Å². The van der Waals surface area contributed by atoms with Gasteiger partial charge in [0.05, 0.1) is 0 Å². The van der Waals surface area contributed by atoms with E-state index in [2.05, 4.69) is 14.2 Å². The number of alkyl halides is 8. The SMILES string of the molecule is FC(F)C1OC2(F)C(F)(F)OC(F)(F)C2(F)O1. The predicted molar refractivity (Wildman–Crippen MR) is 30.6 cm³/mol. The molecule has 3 nitrogen and oxygen atoms in total. The molecule has 0 aromatic heterocycles. The van der Waals surface area contributed by atoms with Crippen LogP contribution in [0, 0.1) is 0 Å². The Bertz CT molecular complexity index is 320. The second kappa shape index (κ2) is 3.01. The highest BCUT2D eigenvalue weighted by Gasteiger charge is 2.94. The summed E-state index contributed by atoms with van der Waals surface area (Å²) < 4.78 is 110. The Kier molecular flexibility index (Phi) is 2.26. The van der Waals surface area contributed by atoms with E-state index in [-0.39, 0.29) is 0 Å². The van der Waals surface area contributed by atoms with Crippen LogP contribution in [0.3, 0.4) is 0 Å². The fraction of sp³-hybridized carbons (Fsp3) is 1.00. The Morgan fingerprint density at radius 1 is 0.765 bits per heavy atom. The summed E-state index contributed by atoms with van der Waals surface area (Å²) >= 11 is 0. The molecule has 2 unspecified atom stereocenters. The first-order valence-corrected chi connectivity index (χ1v) is 3.94. The van der Waals surface area contributed by atoms with Crippen molar-refractivity contribution in [2.75, 3.05) is 0 Å².